The van der Waals surface area contributed by atoms with Gasteiger partial charge in [0, 0.05) is 5.56 Å². The maximum atomic E-state index is 11.3. The van der Waals surface area contributed by atoms with E-state index in [2.05, 4.69) is 12.3 Å². The van der Waals surface area contributed by atoms with Crippen molar-refractivity contribution >= 4 is 5.91 Å². The van der Waals surface area contributed by atoms with E-state index in [1.165, 1.54) is 0 Å². The number of ether oxygens (including phenoxy) is 1. The molecule has 0 saturated carbocycles. The number of nitrogens with two attached hydrogens (primary N) is 1. The fraction of sp³-hybridized carbons (Fsp3) is 0.417. The van der Waals surface area contributed by atoms with Gasteiger partial charge in [-0.1, -0.05) is 19.4 Å². The van der Waals surface area contributed by atoms with Gasteiger partial charge in [0.1, 0.15) is 5.75 Å². The third kappa shape index (κ3) is 3.55. The number of rotatable bonds is 5. The van der Waals surface area contributed by atoms with Crippen LogP contribution >= 0.6 is 0 Å². The second-order valence-corrected chi connectivity index (χ2v) is 3.72. The number of hydrazine groups is 1. The van der Waals surface area contributed by atoms with Gasteiger partial charge in [-0.15, -0.1) is 0 Å². The lowest BCUT2D eigenvalue weighted by Gasteiger charge is -2.14. The molecule has 0 aliphatic rings. The van der Waals surface area contributed by atoms with Crippen LogP contribution in [0.5, 0.6) is 5.75 Å². The zero-order valence-electron chi connectivity index (χ0n) is 9.69. The smallest absolute Gasteiger partial charge is 0.265 e. The minimum atomic E-state index is -0.311. The van der Waals surface area contributed by atoms with E-state index < -0.39 is 0 Å². The van der Waals surface area contributed by atoms with Crippen LogP contribution in [0.25, 0.3) is 0 Å². The molecule has 0 aromatic heterocycles. The monoisotopic (exact) mass is 222 g/mol. The lowest BCUT2D eigenvalue weighted by atomic mass is 10.2. The molecule has 1 unspecified atom stereocenters. The second-order valence-electron chi connectivity index (χ2n) is 3.72. The topological polar surface area (TPSA) is 64.3 Å². The summed E-state index contributed by atoms with van der Waals surface area (Å²) in [4.78, 5) is 11.3. The highest BCUT2D eigenvalue weighted by molar-refractivity contribution is 5.94. The molecule has 88 valence electrons. The molecule has 0 bridgehead atoms. The number of carbonyl (C=O) groups is 1. The Morgan fingerprint density at radius 3 is 2.94 bits per heavy atom. The average Bonchev–Trinajstić information content (AvgIpc) is 2.28. The van der Waals surface area contributed by atoms with Crippen LogP contribution < -0.4 is 16.0 Å². The first-order valence-electron chi connectivity index (χ1n) is 5.45. The summed E-state index contributed by atoms with van der Waals surface area (Å²) in [7, 11) is 0. The van der Waals surface area contributed by atoms with Crippen LogP contribution in [-0.4, -0.2) is 12.0 Å². The van der Waals surface area contributed by atoms with Gasteiger partial charge >= 0.3 is 0 Å². The van der Waals surface area contributed by atoms with Gasteiger partial charge in [-0.25, -0.2) is 5.84 Å². The highest BCUT2D eigenvalue weighted by atomic mass is 16.5. The largest absolute Gasteiger partial charge is 0.491 e. The molecule has 0 fully saturated rings. The van der Waals surface area contributed by atoms with Crippen LogP contribution in [-0.2, 0) is 0 Å². The number of nitrogen functional groups attached to an aromatic ring is 1. The molecular formula is C12H18N2O2. The van der Waals surface area contributed by atoms with Gasteiger partial charge in [-0.3, -0.25) is 10.2 Å². The van der Waals surface area contributed by atoms with E-state index in [0.717, 1.165) is 12.8 Å². The summed E-state index contributed by atoms with van der Waals surface area (Å²) in [5.41, 5.74) is 2.60. The molecule has 0 aliphatic carbocycles. The van der Waals surface area contributed by atoms with Crippen LogP contribution in [0.3, 0.4) is 0 Å². The van der Waals surface area contributed by atoms with Gasteiger partial charge in [0.2, 0.25) is 0 Å². The van der Waals surface area contributed by atoms with Crippen molar-refractivity contribution in [2.45, 2.75) is 32.8 Å². The third-order valence-electron chi connectivity index (χ3n) is 2.26. The molecule has 1 rings (SSSR count). The Bertz CT molecular complexity index is 353. The molecule has 1 amide bonds. The van der Waals surface area contributed by atoms with Crippen molar-refractivity contribution in [3.05, 3.63) is 29.8 Å². The van der Waals surface area contributed by atoms with Crippen LogP contribution in [0.1, 0.15) is 37.0 Å². The zero-order valence-corrected chi connectivity index (χ0v) is 9.69. The minimum absolute atomic E-state index is 0.154. The molecule has 1 aromatic rings. The molecule has 1 aromatic carbocycles. The first kappa shape index (κ1) is 12.5. The zero-order chi connectivity index (χ0) is 12.0. The van der Waals surface area contributed by atoms with Crippen LogP contribution in [0.15, 0.2) is 24.3 Å². The molecule has 0 heterocycles. The fourth-order valence-corrected chi connectivity index (χ4v) is 1.49. The maximum Gasteiger partial charge on any atom is 0.265 e. The summed E-state index contributed by atoms with van der Waals surface area (Å²) in [6.07, 6.45) is 2.22. The Kier molecular flexibility index (Phi) is 4.79. The van der Waals surface area contributed by atoms with Gasteiger partial charge in [0.15, 0.2) is 0 Å². The maximum absolute atomic E-state index is 11.3. The standard InChI is InChI=1S/C12H18N2O2/c1-3-5-9(2)16-11-7-4-6-10(8-11)12(15)14-13/h4,6-9H,3,5,13H2,1-2H3,(H,14,15). The molecule has 4 heteroatoms. The first-order chi connectivity index (χ1) is 7.67. The van der Waals surface area contributed by atoms with Crippen molar-refractivity contribution in [3.63, 3.8) is 0 Å². The van der Waals surface area contributed by atoms with E-state index in [4.69, 9.17) is 10.6 Å². The highest BCUT2D eigenvalue weighted by Crippen LogP contribution is 2.16. The molecule has 3 N–H and O–H groups in total. The van der Waals surface area contributed by atoms with Crippen molar-refractivity contribution in [2.75, 3.05) is 0 Å². The van der Waals surface area contributed by atoms with E-state index in [0.29, 0.717) is 11.3 Å². The minimum Gasteiger partial charge on any atom is -0.491 e. The van der Waals surface area contributed by atoms with Crippen molar-refractivity contribution in [3.8, 4) is 5.75 Å². The van der Waals surface area contributed by atoms with E-state index in [1.807, 2.05) is 13.0 Å². The number of nitrogens with one attached hydrogen (secondary N) is 1. The number of benzene rings is 1. The van der Waals surface area contributed by atoms with Gasteiger partial charge in [0.05, 0.1) is 6.10 Å². The van der Waals surface area contributed by atoms with Gasteiger partial charge < -0.3 is 4.74 Å². The molecule has 16 heavy (non-hydrogen) atoms. The van der Waals surface area contributed by atoms with Gasteiger partial charge in [0.25, 0.3) is 5.91 Å². The van der Waals surface area contributed by atoms with Crippen LogP contribution in [0.2, 0.25) is 0 Å². The van der Waals surface area contributed by atoms with Gasteiger partial charge in [-0.05, 0) is 31.5 Å². The lowest BCUT2D eigenvalue weighted by Crippen LogP contribution is -2.29. The Labute approximate surface area is 95.8 Å². The Morgan fingerprint density at radius 2 is 2.31 bits per heavy atom. The van der Waals surface area contributed by atoms with Crippen molar-refractivity contribution in [2.24, 2.45) is 5.84 Å². The van der Waals surface area contributed by atoms with Crippen molar-refractivity contribution in [1.29, 1.82) is 0 Å². The van der Waals surface area contributed by atoms with E-state index >= 15 is 0 Å². The Morgan fingerprint density at radius 1 is 1.56 bits per heavy atom. The van der Waals surface area contributed by atoms with E-state index in [9.17, 15) is 4.79 Å². The van der Waals surface area contributed by atoms with E-state index in [-0.39, 0.29) is 12.0 Å². The van der Waals surface area contributed by atoms with Crippen molar-refractivity contribution in [1.82, 2.24) is 5.43 Å². The second kappa shape index (κ2) is 6.12. The molecule has 1 atom stereocenters. The molecule has 0 saturated heterocycles. The summed E-state index contributed by atoms with van der Waals surface area (Å²) < 4.78 is 5.67. The summed E-state index contributed by atoms with van der Waals surface area (Å²) >= 11 is 0. The third-order valence-corrected chi connectivity index (χ3v) is 2.26. The Hall–Kier alpha value is -1.55. The Balaban J connectivity index is 2.70. The molecule has 4 nitrogen and oxygen atoms in total. The predicted molar refractivity (Wildman–Crippen MR) is 63.1 cm³/mol. The van der Waals surface area contributed by atoms with Crippen LogP contribution in [0.4, 0.5) is 0 Å². The summed E-state index contributed by atoms with van der Waals surface area (Å²) in [5.74, 6) is 5.45. The number of amides is 1. The summed E-state index contributed by atoms with van der Waals surface area (Å²) in [6.45, 7) is 4.12. The summed E-state index contributed by atoms with van der Waals surface area (Å²) in [6, 6.07) is 6.99. The molecular weight excluding hydrogens is 204 g/mol. The molecule has 0 radical (unpaired) electrons. The number of hydrogen-bond donors (Lipinski definition) is 2. The normalized spacial score (nSPS) is 11.9. The van der Waals surface area contributed by atoms with Gasteiger partial charge in [-0.2, -0.15) is 0 Å². The predicted octanol–water partition coefficient (Wildman–Crippen LogP) is 1.86. The first-order valence-corrected chi connectivity index (χ1v) is 5.45. The van der Waals surface area contributed by atoms with Crippen LogP contribution in [0, 0.1) is 0 Å². The number of carbonyl (C=O) groups excluding carboxylic acids is 1. The summed E-state index contributed by atoms with van der Waals surface area (Å²) in [5, 5.41) is 0. The highest BCUT2D eigenvalue weighted by Gasteiger charge is 2.06. The average molecular weight is 222 g/mol. The lowest BCUT2D eigenvalue weighted by molar-refractivity contribution is 0.0952. The number of hydrogen-bond acceptors (Lipinski definition) is 3. The quantitative estimate of drug-likeness (QED) is 0.454. The molecule has 0 spiro atoms. The van der Waals surface area contributed by atoms with Crippen molar-refractivity contribution < 1.29 is 9.53 Å². The SMILES string of the molecule is CCCC(C)Oc1cccc(C(=O)NN)c1. The molecule has 0 aliphatic heterocycles. The fourth-order valence-electron chi connectivity index (χ4n) is 1.49. The van der Waals surface area contributed by atoms with E-state index in [1.54, 1.807) is 18.2 Å².